The Morgan fingerprint density at radius 3 is 2.72 bits per heavy atom. The molecule has 0 bridgehead atoms. The Balaban J connectivity index is 2.65. The number of carbonyl (C=O) groups is 1. The second-order valence-corrected chi connectivity index (χ2v) is 4.59. The zero-order valence-corrected chi connectivity index (χ0v) is 10.6. The van der Waals surface area contributed by atoms with Crippen LogP contribution in [0.15, 0.2) is 18.3 Å². The summed E-state index contributed by atoms with van der Waals surface area (Å²) >= 11 is -0.371. The van der Waals surface area contributed by atoms with Gasteiger partial charge in [0.15, 0.2) is 5.82 Å². The maximum Gasteiger partial charge on any atom is 0.442 e. The van der Waals surface area contributed by atoms with E-state index in [1.807, 2.05) is 0 Å². The van der Waals surface area contributed by atoms with Gasteiger partial charge in [0.25, 0.3) is 0 Å². The Bertz CT molecular complexity index is 423. The molecule has 1 rings (SSSR count). The number of pyridine rings is 1. The van der Waals surface area contributed by atoms with Gasteiger partial charge in [-0.2, -0.15) is 13.2 Å². The number of halogens is 3. The minimum atomic E-state index is -4.41. The molecule has 1 aromatic heterocycles. The van der Waals surface area contributed by atoms with Crippen molar-refractivity contribution < 1.29 is 18.0 Å². The number of nitrogens with zero attached hydrogens (tertiary/aromatic N) is 2. The number of rotatable bonds is 4. The third-order valence-electron chi connectivity index (χ3n) is 1.85. The topological polar surface area (TPSA) is 45.2 Å². The van der Waals surface area contributed by atoms with Gasteiger partial charge in [0.2, 0.25) is 5.91 Å². The molecule has 1 aromatic rings. The van der Waals surface area contributed by atoms with Gasteiger partial charge in [0.1, 0.15) is 0 Å². The lowest BCUT2D eigenvalue weighted by Crippen LogP contribution is -2.20. The molecule has 1 N–H and O–H groups in total. The van der Waals surface area contributed by atoms with E-state index in [-0.39, 0.29) is 11.8 Å². The molecule has 0 spiro atoms. The first-order valence-electron chi connectivity index (χ1n) is 4.92. The van der Waals surface area contributed by atoms with Gasteiger partial charge in [-0.05, 0) is 23.9 Å². The summed E-state index contributed by atoms with van der Waals surface area (Å²) in [4.78, 5) is 17.0. The highest BCUT2D eigenvalue weighted by Crippen LogP contribution is 2.30. The Morgan fingerprint density at radius 2 is 2.17 bits per heavy atom. The van der Waals surface area contributed by atoms with Crippen LogP contribution in [0.1, 0.15) is 0 Å². The Hall–Kier alpha value is -1.44. The molecule has 8 heteroatoms. The summed E-state index contributed by atoms with van der Waals surface area (Å²) in [6.45, 7) is 0. The van der Waals surface area contributed by atoms with Crippen molar-refractivity contribution in [2.24, 2.45) is 0 Å². The Kier molecular flexibility index (Phi) is 4.83. The average molecular weight is 279 g/mol. The summed E-state index contributed by atoms with van der Waals surface area (Å²) in [6, 6.07) is 3.18. The van der Waals surface area contributed by atoms with Crippen molar-refractivity contribution in [3.8, 4) is 0 Å². The molecule has 0 aromatic carbocycles. The number of thioether (sulfide) groups is 1. The first-order valence-corrected chi connectivity index (χ1v) is 5.91. The molecular weight excluding hydrogens is 267 g/mol. The molecule has 0 fully saturated rings. The number of nitrogens with one attached hydrogen (secondary N) is 1. The smallest absolute Gasteiger partial charge is 0.361 e. The van der Waals surface area contributed by atoms with Crippen LogP contribution in [0.25, 0.3) is 0 Å². The monoisotopic (exact) mass is 279 g/mol. The van der Waals surface area contributed by atoms with Crippen molar-refractivity contribution in [2.45, 2.75) is 5.51 Å². The Labute approximate surface area is 107 Å². The van der Waals surface area contributed by atoms with Crippen LogP contribution in [-0.4, -0.2) is 36.2 Å². The molecular formula is C10H12F3N3OS. The molecule has 1 heterocycles. The summed E-state index contributed by atoms with van der Waals surface area (Å²) in [5, 5.41) is 2.40. The number of hydrogen-bond acceptors (Lipinski definition) is 4. The number of aromatic nitrogens is 1. The average Bonchev–Trinajstić information content (AvgIpc) is 2.26. The summed E-state index contributed by atoms with van der Waals surface area (Å²) in [6.07, 6.45) is 1.54. The van der Waals surface area contributed by atoms with Crippen LogP contribution in [-0.2, 0) is 4.79 Å². The van der Waals surface area contributed by atoms with Crippen LogP contribution in [0.5, 0.6) is 0 Å². The molecule has 0 saturated heterocycles. The number of amides is 1. The molecule has 1 amide bonds. The van der Waals surface area contributed by atoms with Gasteiger partial charge in [-0.1, -0.05) is 0 Å². The van der Waals surface area contributed by atoms with E-state index in [1.54, 1.807) is 31.1 Å². The lowest BCUT2D eigenvalue weighted by atomic mass is 10.3. The molecule has 0 aliphatic carbocycles. The van der Waals surface area contributed by atoms with Crippen LogP contribution < -0.4 is 10.2 Å². The van der Waals surface area contributed by atoms with E-state index in [0.29, 0.717) is 11.5 Å². The zero-order valence-electron chi connectivity index (χ0n) is 9.78. The molecule has 18 heavy (non-hydrogen) atoms. The van der Waals surface area contributed by atoms with E-state index in [4.69, 9.17) is 0 Å². The molecule has 0 aliphatic heterocycles. The van der Waals surface area contributed by atoms with Gasteiger partial charge >= 0.3 is 5.51 Å². The van der Waals surface area contributed by atoms with Crippen LogP contribution in [0, 0.1) is 0 Å². The highest BCUT2D eigenvalue weighted by Gasteiger charge is 2.29. The predicted octanol–water partition coefficient (Wildman–Crippen LogP) is 2.34. The van der Waals surface area contributed by atoms with Crippen molar-refractivity contribution in [3.63, 3.8) is 0 Å². The van der Waals surface area contributed by atoms with Crippen LogP contribution >= 0.6 is 11.8 Å². The SMILES string of the molecule is CN(C)c1ncccc1NC(=O)CSC(F)(F)F. The third-order valence-corrected chi connectivity index (χ3v) is 2.59. The molecule has 0 aliphatic rings. The van der Waals surface area contributed by atoms with Gasteiger partial charge < -0.3 is 10.2 Å². The van der Waals surface area contributed by atoms with Gasteiger partial charge in [0, 0.05) is 20.3 Å². The lowest BCUT2D eigenvalue weighted by Gasteiger charge is -2.16. The lowest BCUT2D eigenvalue weighted by molar-refractivity contribution is -0.114. The summed E-state index contributed by atoms with van der Waals surface area (Å²) in [5.74, 6) is -0.901. The van der Waals surface area contributed by atoms with Crippen molar-refractivity contribution in [1.82, 2.24) is 4.98 Å². The van der Waals surface area contributed by atoms with Crippen LogP contribution in [0.3, 0.4) is 0 Å². The number of anilines is 2. The number of alkyl halides is 3. The van der Waals surface area contributed by atoms with E-state index in [2.05, 4.69) is 10.3 Å². The van der Waals surface area contributed by atoms with Crippen LogP contribution in [0.4, 0.5) is 24.7 Å². The zero-order chi connectivity index (χ0) is 13.8. The highest BCUT2D eigenvalue weighted by atomic mass is 32.2. The van der Waals surface area contributed by atoms with E-state index >= 15 is 0 Å². The van der Waals surface area contributed by atoms with Crippen molar-refractivity contribution in [2.75, 3.05) is 30.1 Å². The fourth-order valence-corrected chi connectivity index (χ4v) is 1.55. The van der Waals surface area contributed by atoms with E-state index in [1.165, 1.54) is 6.20 Å². The molecule has 100 valence electrons. The largest absolute Gasteiger partial charge is 0.442 e. The van der Waals surface area contributed by atoms with Gasteiger partial charge in [-0.3, -0.25) is 4.79 Å². The minimum absolute atomic E-state index is 0.371. The maximum absolute atomic E-state index is 11.9. The van der Waals surface area contributed by atoms with Gasteiger partial charge in [0.05, 0.1) is 11.4 Å². The standard InChI is InChI=1S/C10H12F3N3OS/c1-16(2)9-7(4-3-5-14-9)15-8(17)6-18-10(11,12)13/h3-5H,6H2,1-2H3,(H,15,17). The van der Waals surface area contributed by atoms with Gasteiger partial charge in [-0.25, -0.2) is 4.98 Å². The third kappa shape index (κ3) is 4.82. The maximum atomic E-state index is 11.9. The summed E-state index contributed by atoms with van der Waals surface area (Å²) in [5.41, 5.74) is -4.02. The van der Waals surface area contributed by atoms with Crippen molar-refractivity contribution in [1.29, 1.82) is 0 Å². The normalized spacial score (nSPS) is 11.2. The Morgan fingerprint density at radius 1 is 1.50 bits per heavy atom. The number of carbonyl (C=O) groups excluding carboxylic acids is 1. The molecule has 0 unspecified atom stereocenters. The quantitative estimate of drug-likeness (QED) is 0.919. The molecule has 0 radical (unpaired) electrons. The fraction of sp³-hybridized carbons (Fsp3) is 0.400. The summed E-state index contributed by atoms with van der Waals surface area (Å²) < 4.78 is 35.8. The van der Waals surface area contributed by atoms with E-state index in [9.17, 15) is 18.0 Å². The highest BCUT2D eigenvalue weighted by molar-refractivity contribution is 8.00. The fourth-order valence-electron chi connectivity index (χ4n) is 1.18. The van der Waals surface area contributed by atoms with Crippen molar-refractivity contribution in [3.05, 3.63) is 18.3 Å². The number of hydrogen-bond donors (Lipinski definition) is 1. The second-order valence-electron chi connectivity index (χ2n) is 3.55. The van der Waals surface area contributed by atoms with E-state index in [0.717, 1.165) is 0 Å². The predicted molar refractivity (Wildman–Crippen MR) is 65.7 cm³/mol. The van der Waals surface area contributed by atoms with E-state index < -0.39 is 17.2 Å². The molecule has 0 saturated carbocycles. The molecule has 0 atom stereocenters. The minimum Gasteiger partial charge on any atom is -0.361 e. The summed E-state index contributed by atoms with van der Waals surface area (Å²) in [7, 11) is 3.45. The second kappa shape index (κ2) is 5.94. The molecule has 4 nitrogen and oxygen atoms in total. The van der Waals surface area contributed by atoms with Crippen LogP contribution in [0.2, 0.25) is 0 Å². The van der Waals surface area contributed by atoms with Gasteiger partial charge in [-0.15, -0.1) is 0 Å². The van der Waals surface area contributed by atoms with Crippen molar-refractivity contribution >= 4 is 29.2 Å². The first-order chi connectivity index (χ1) is 8.29. The first kappa shape index (κ1) is 14.6.